The van der Waals surface area contributed by atoms with Crippen LogP contribution in [0.4, 0.5) is 4.39 Å². The molecule has 4 heteroatoms. The van der Waals surface area contributed by atoms with E-state index in [0.717, 1.165) is 19.4 Å². The molecule has 0 unspecified atom stereocenters. The third-order valence-electron chi connectivity index (χ3n) is 2.21. The molecule has 2 aromatic rings. The SMILES string of the molecule is CNCCCc1nc2cc(F)ccc2o1. The van der Waals surface area contributed by atoms with E-state index in [2.05, 4.69) is 10.3 Å². The monoisotopic (exact) mass is 208 g/mol. The van der Waals surface area contributed by atoms with Gasteiger partial charge in [-0.25, -0.2) is 9.37 Å². The molecule has 0 saturated heterocycles. The van der Waals surface area contributed by atoms with Crippen molar-refractivity contribution in [3.05, 3.63) is 29.9 Å². The predicted molar refractivity (Wildman–Crippen MR) is 56.2 cm³/mol. The van der Waals surface area contributed by atoms with Crippen LogP contribution in [0.3, 0.4) is 0 Å². The molecule has 1 N–H and O–H groups in total. The quantitative estimate of drug-likeness (QED) is 0.782. The molecule has 1 aromatic heterocycles. The van der Waals surface area contributed by atoms with Crippen LogP contribution in [0.2, 0.25) is 0 Å². The van der Waals surface area contributed by atoms with Crippen molar-refractivity contribution in [3.63, 3.8) is 0 Å². The summed E-state index contributed by atoms with van der Waals surface area (Å²) in [5.74, 6) is 0.392. The summed E-state index contributed by atoms with van der Waals surface area (Å²) >= 11 is 0. The zero-order valence-corrected chi connectivity index (χ0v) is 8.59. The van der Waals surface area contributed by atoms with Crippen LogP contribution >= 0.6 is 0 Å². The third-order valence-corrected chi connectivity index (χ3v) is 2.21. The van der Waals surface area contributed by atoms with Crippen LogP contribution in [0, 0.1) is 5.82 Å². The van der Waals surface area contributed by atoms with Gasteiger partial charge in [-0.1, -0.05) is 0 Å². The van der Waals surface area contributed by atoms with Gasteiger partial charge in [0, 0.05) is 12.5 Å². The highest BCUT2D eigenvalue weighted by atomic mass is 19.1. The molecule has 15 heavy (non-hydrogen) atoms. The largest absolute Gasteiger partial charge is 0.441 e. The molecule has 1 aromatic carbocycles. The highest BCUT2D eigenvalue weighted by Crippen LogP contribution is 2.17. The molecule has 0 radical (unpaired) electrons. The Balaban J connectivity index is 2.16. The summed E-state index contributed by atoms with van der Waals surface area (Å²) in [6.07, 6.45) is 1.74. The second-order valence-corrected chi connectivity index (χ2v) is 3.43. The Morgan fingerprint density at radius 1 is 1.47 bits per heavy atom. The number of fused-ring (bicyclic) bond motifs is 1. The molecule has 0 aliphatic carbocycles. The van der Waals surface area contributed by atoms with Crippen LogP contribution in [-0.4, -0.2) is 18.6 Å². The van der Waals surface area contributed by atoms with Gasteiger partial charge in [0.25, 0.3) is 0 Å². The molecule has 2 rings (SSSR count). The van der Waals surface area contributed by atoms with Crippen LogP contribution in [0.5, 0.6) is 0 Å². The van der Waals surface area contributed by atoms with Gasteiger partial charge in [-0.2, -0.15) is 0 Å². The molecule has 3 nitrogen and oxygen atoms in total. The smallest absolute Gasteiger partial charge is 0.195 e. The van der Waals surface area contributed by atoms with Crippen molar-refractivity contribution in [2.45, 2.75) is 12.8 Å². The maximum atomic E-state index is 12.9. The van der Waals surface area contributed by atoms with Crippen LogP contribution in [-0.2, 0) is 6.42 Å². The number of nitrogens with zero attached hydrogens (tertiary/aromatic N) is 1. The Bertz CT molecular complexity index is 453. The minimum atomic E-state index is -0.280. The average Bonchev–Trinajstić information content (AvgIpc) is 2.60. The Labute approximate surface area is 87.3 Å². The maximum Gasteiger partial charge on any atom is 0.195 e. The summed E-state index contributed by atoms with van der Waals surface area (Å²) in [7, 11) is 1.90. The molecule has 0 amide bonds. The molecule has 0 aliphatic rings. The fraction of sp³-hybridized carbons (Fsp3) is 0.364. The van der Waals surface area contributed by atoms with Gasteiger partial charge < -0.3 is 9.73 Å². The second-order valence-electron chi connectivity index (χ2n) is 3.43. The molecule has 0 atom stereocenters. The Morgan fingerprint density at radius 3 is 3.13 bits per heavy atom. The van der Waals surface area contributed by atoms with E-state index < -0.39 is 0 Å². The van der Waals surface area contributed by atoms with Crippen molar-refractivity contribution < 1.29 is 8.81 Å². The highest BCUT2D eigenvalue weighted by Gasteiger charge is 2.05. The van der Waals surface area contributed by atoms with Crippen LogP contribution in [0.15, 0.2) is 22.6 Å². The Morgan fingerprint density at radius 2 is 2.33 bits per heavy atom. The zero-order valence-electron chi connectivity index (χ0n) is 8.59. The van der Waals surface area contributed by atoms with Gasteiger partial charge in [0.2, 0.25) is 0 Å². The van der Waals surface area contributed by atoms with E-state index in [-0.39, 0.29) is 5.82 Å². The molecule has 0 spiro atoms. The van der Waals surface area contributed by atoms with Crippen molar-refractivity contribution in [1.82, 2.24) is 10.3 Å². The van der Waals surface area contributed by atoms with Crippen molar-refractivity contribution in [2.24, 2.45) is 0 Å². The van der Waals surface area contributed by atoms with Gasteiger partial charge in [0.1, 0.15) is 11.3 Å². The Kier molecular flexibility index (Phi) is 2.97. The van der Waals surface area contributed by atoms with Crippen molar-refractivity contribution in [3.8, 4) is 0 Å². The second kappa shape index (κ2) is 4.40. The summed E-state index contributed by atoms with van der Waals surface area (Å²) in [6.45, 7) is 0.924. The molecule has 80 valence electrons. The fourth-order valence-corrected chi connectivity index (χ4v) is 1.47. The predicted octanol–water partition coefficient (Wildman–Crippen LogP) is 2.12. The zero-order chi connectivity index (χ0) is 10.7. The first-order chi connectivity index (χ1) is 7.29. The molecule has 0 fully saturated rings. The lowest BCUT2D eigenvalue weighted by atomic mass is 10.3. The van der Waals surface area contributed by atoms with Gasteiger partial charge in [-0.05, 0) is 32.1 Å². The third kappa shape index (κ3) is 2.33. The van der Waals surface area contributed by atoms with E-state index in [0.29, 0.717) is 17.0 Å². The van der Waals surface area contributed by atoms with Crippen LogP contribution < -0.4 is 5.32 Å². The number of rotatable bonds is 4. The van der Waals surface area contributed by atoms with E-state index in [1.165, 1.54) is 12.1 Å². The van der Waals surface area contributed by atoms with Crippen molar-refractivity contribution in [2.75, 3.05) is 13.6 Å². The first-order valence-corrected chi connectivity index (χ1v) is 4.99. The summed E-state index contributed by atoms with van der Waals surface area (Å²) in [4.78, 5) is 4.21. The van der Waals surface area contributed by atoms with Crippen LogP contribution in [0.25, 0.3) is 11.1 Å². The minimum Gasteiger partial charge on any atom is -0.441 e. The van der Waals surface area contributed by atoms with Crippen molar-refractivity contribution >= 4 is 11.1 Å². The first kappa shape index (κ1) is 10.1. The normalized spacial score (nSPS) is 11.1. The summed E-state index contributed by atoms with van der Waals surface area (Å²) in [6, 6.07) is 4.38. The molecule has 0 bridgehead atoms. The summed E-state index contributed by atoms with van der Waals surface area (Å²) < 4.78 is 18.3. The summed E-state index contributed by atoms with van der Waals surface area (Å²) in [5.41, 5.74) is 1.24. The number of halogens is 1. The number of hydrogen-bond donors (Lipinski definition) is 1. The molecule has 0 saturated carbocycles. The van der Waals surface area contributed by atoms with Gasteiger partial charge in [-0.15, -0.1) is 0 Å². The number of oxazole rings is 1. The standard InChI is InChI=1S/C11H13FN2O/c1-13-6-2-3-11-14-9-7-8(12)4-5-10(9)15-11/h4-5,7,13H,2-3,6H2,1H3. The van der Waals surface area contributed by atoms with E-state index in [1.807, 2.05) is 7.05 Å². The lowest BCUT2D eigenvalue weighted by Crippen LogP contribution is -2.08. The fourth-order valence-electron chi connectivity index (χ4n) is 1.47. The molecule has 1 heterocycles. The molecular weight excluding hydrogens is 195 g/mol. The van der Waals surface area contributed by atoms with E-state index in [4.69, 9.17) is 4.42 Å². The number of nitrogens with one attached hydrogen (secondary N) is 1. The highest BCUT2D eigenvalue weighted by molar-refractivity contribution is 5.72. The van der Waals surface area contributed by atoms with E-state index in [1.54, 1.807) is 6.07 Å². The average molecular weight is 208 g/mol. The topological polar surface area (TPSA) is 38.1 Å². The number of benzene rings is 1. The lowest BCUT2D eigenvalue weighted by Gasteiger charge is -1.94. The van der Waals surface area contributed by atoms with E-state index in [9.17, 15) is 4.39 Å². The lowest BCUT2D eigenvalue weighted by molar-refractivity contribution is 0.515. The number of hydrogen-bond acceptors (Lipinski definition) is 3. The number of aryl methyl sites for hydroxylation is 1. The first-order valence-electron chi connectivity index (χ1n) is 4.99. The van der Waals surface area contributed by atoms with Gasteiger partial charge in [0.05, 0.1) is 0 Å². The van der Waals surface area contributed by atoms with Gasteiger partial charge in [0.15, 0.2) is 11.5 Å². The van der Waals surface area contributed by atoms with E-state index >= 15 is 0 Å². The van der Waals surface area contributed by atoms with Crippen LogP contribution in [0.1, 0.15) is 12.3 Å². The molecule has 0 aliphatic heterocycles. The van der Waals surface area contributed by atoms with Gasteiger partial charge in [-0.3, -0.25) is 0 Å². The minimum absolute atomic E-state index is 0.280. The Hall–Kier alpha value is -1.42. The summed E-state index contributed by atoms with van der Waals surface area (Å²) in [5, 5.41) is 3.05. The molecular formula is C11H13FN2O. The van der Waals surface area contributed by atoms with Crippen molar-refractivity contribution in [1.29, 1.82) is 0 Å². The maximum absolute atomic E-state index is 12.9. The number of aromatic nitrogens is 1. The van der Waals surface area contributed by atoms with Gasteiger partial charge >= 0.3 is 0 Å².